The molecule has 0 atom stereocenters. The van der Waals surface area contributed by atoms with Gasteiger partial charge in [0.15, 0.2) is 0 Å². The number of hydrogen-bond acceptors (Lipinski definition) is 5. The maximum Gasteiger partial charge on any atom is 0.238 e. The van der Waals surface area contributed by atoms with E-state index in [1.165, 1.54) is 17.4 Å². The number of rotatable bonds is 4. The molecule has 0 spiro atoms. The van der Waals surface area contributed by atoms with E-state index in [4.69, 9.17) is 10.4 Å². The van der Waals surface area contributed by atoms with Crippen molar-refractivity contribution < 1.29 is 8.42 Å². The highest BCUT2D eigenvalue weighted by molar-refractivity contribution is 7.89. The standard InChI is InChI=1S/C14H15N3O2S2/c1-9-3-13(21(16,18)19)5-14(10(9)2)17-7-12-4-11(6-15)8-20-12/h3-5,8,17H,7H2,1-2H3,(H2,16,18,19). The summed E-state index contributed by atoms with van der Waals surface area (Å²) < 4.78 is 23.0. The number of aryl methyl sites for hydroxylation is 1. The fraction of sp³-hybridized carbons (Fsp3) is 0.214. The van der Waals surface area contributed by atoms with Crippen molar-refractivity contribution in [2.24, 2.45) is 5.14 Å². The summed E-state index contributed by atoms with van der Waals surface area (Å²) in [7, 11) is -3.73. The summed E-state index contributed by atoms with van der Waals surface area (Å²) in [6, 6.07) is 6.99. The summed E-state index contributed by atoms with van der Waals surface area (Å²) in [5.74, 6) is 0. The molecule has 0 saturated heterocycles. The van der Waals surface area contributed by atoms with Crippen molar-refractivity contribution in [3.05, 3.63) is 45.1 Å². The molecule has 0 radical (unpaired) electrons. The molecule has 0 aliphatic heterocycles. The fourth-order valence-electron chi connectivity index (χ4n) is 1.89. The highest BCUT2D eigenvalue weighted by Gasteiger charge is 2.12. The van der Waals surface area contributed by atoms with Crippen molar-refractivity contribution in [3.63, 3.8) is 0 Å². The third-order valence-electron chi connectivity index (χ3n) is 3.21. The van der Waals surface area contributed by atoms with Crippen molar-refractivity contribution in [3.8, 4) is 6.07 Å². The van der Waals surface area contributed by atoms with E-state index in [1.54, 1.807) is 11.4 Å². The first-order valence-corrected chi connectivity index (χ1v) is 8.59. The van der Waals surface area contributed by atoms with Gasteiger partial charge in [0.25, 0.3) is 0 Å². The molecule has 3 N–H and O–H groups in total. The highest BCUT2D eigenvalue weighted by Crippen LogP contribution is 2.25. The van der Waals surface area contributed by atoms with Crippen LogP contribution in [0.1, 0.15) is 21.6 Å². The summed E-state index contributed by atoms with van der Waals surface area (Å²) >= 11 is 1.49. The predicted octanol–water partition coefficient (Wildman–Crippen LogP) is 2.50. The van der Waals surface area contributed by atoms with Crippen LogP contribution >= 0.6 is 11.3 Å². The number of hydrogen-bond donors (Lipinski definition) is 2. The molecule has 1 aromatic heterocycles. The van der Waals surface area contributed by atoms with E-state index < -0.39 is 10.0 Å². The number of benzene rings is 1. The van der Waals surface area contributed by atoms with Crippen LogP contribution in [0.15, 0.2) is 28.5 Å². The Morgan fingerprint density at radius 2 is 2.05 bits per heavy atom. The van der Waals surface area contributed by atoms with Crippen LogP contribution in [-0.4, -0.2) is 8.42 Å². The van der Waals surface area contributed by atoms with Crippen molar-refractivity contribution in [1.82, 2.24) is 0 Å². The van der Waals surface area contributed by atoms with E-state index in [0.29, 0.717) is 12.1 Å². The largest absolute Gasteiger partial charge is 0.380 e. The Bertz CT molecular complexity index is 817. The van der Waals surface area contributed by atoms with Gasteiger partial charge in [-0.15, -0.1) is 11.3 Å². The molecule has 0 fully saturated rings. The van der Waals surface area contributed by atoms with Crippen LogP contribution in [-0.2, 0) is 16.6 Å². The first-order chi connectivity index (χ1) is 9.81. The Hall–Kier alpha value is -1.88. The van der Waals surface area contributed by atoms with E-state index in [9.17, 15) is 8.42 Å². The molecule has 21 heavy (non-hydrogen) atoms. The molecule has 0 amide bonds. The number of anilines is 1. The molecule has 0 unspecified atom stereocenters. The first kappa shape index (κ1) is 15.5. The Labute approximate surface area is 128 Å². The number of thiophene rings is 1. The second-order valence-electron chi connectivity index (χ2n) is 4.72. The smallest absolute Gasteiger partial charge is 0.238 e. The number of nitrogens with one attached hydrogen (secondary N) is 1. The van der Waals surface area contributed by atoms with Gasteiger partial charge >= 0.3 is 0 Å². The summed E-state index contributed by atoms with van der Waals surface area (Å²) in [6.07, 6.45) is 0. The lowest BCUT2D eigenvalue weighted by Crippen LogP contribution is -2.13. The minimum Gasteiger partial charge on any atom is -0.380 e. The summed E-state index contributed by atoms with van der Waals surface area (Å²) in [4.78, 5) is 1.10. The molecule has 1 heterocycles. The molecule has 0 aliphatic rings. The Kier molecular flexibility index (Phi) is 4.32. The van der Waals surface area contributed by atoms with Crippen LogP contribution < -0.4 is 10.5 Å². The zero-order valence-electron chi connectivity index (χ0n) is 11.7. The third kappa shape index (κ3) is 3.61. The van der Waals surface area contributed by atoms with Crippen LogP contribution in [0.25, 0.3) is 0 Å². The lowest BCUT2D eigenvalue weighted by molar-refractivity contribution is 0.597. The van der Waals surface area contributed by atoms with E-state index in [-0.39, 0.29) is 4.90 Å². The fourth-order valence-corrected chi connectivity index (χ4v) is 3.26. The van der Waals surface area contributed by atoms with Crippen LogP contribution in [0, 0.1) is 25.2 Å². The molecule has 110 valence electrons. The predicted molar refractivity (Wildman–Crippen MR) is 83.6 cm³/mol. The van der Waals surface area contributed by atoms with Crippen molar-refractivity contribution in [1.29, 1.82) is 5.26 Å². The zero-order chi connectivity index (χ0) is 15.6. The Balaban J connectivity index is 2.27. The second-order valence-corrected chi connectivity index (χ2v) is 7.28. The van der Waals surface area contributed by atoms with Gasteiger partial charge in [-0.3, -0.25) is 0 Å². The quantitative estimate of drug-likeness (QED) is 0.904. The van der Waals surface area contributed by atoms with Gasteiger partial charge < -0.3 is 5.32 Å². The first-order valence-electron chi connectivity index (χ1n) is 6.16. The van der Waals surface area contributed by atoms with Crippen LogP contribution in [0.3, 0.4) is 0 Å². The second kappa shape index (κ2) is 5.85. The monoisotopic (exact) mass is 321 g/mol. The van der Waals surface area contributed by atoms with Gasteiger partial charge in [0.1, 0.15) is 6.07 Å². The number of nitriles is 1. The minimum atomic E-state index is -3.73. The molecule has 2 rings (SSSR count). The number of nitrogens with zero attached hydrogens (tertiary/aromatic N) is 1. The van der Waals surface area contributed by atoms with Crippen LogP contribution in [0.4, 0.5) is 5.69 Å². The lowest BCUT2D eigenvalue weighted by atomic mass is 10.1. The maximum absolute atomic E-state index is 11.5. The van der Waals surface area contributed by atoms with E-state index in [0.717, 1.165) is 21.7 Å². The van der Waals surface area contributed by atoms with Gasteiger partial charge in [0.2, 0.25) is 10.0 Å². The molecular weight excluding hydrogens is 306 g/mol. The van der Waals surface area contributed by atoms with Crippen LogP contribution in [0.2, 0.25) is 0 Å². The molecule has 1 aromatic carbocycles. The number of nitrogens with two attached hydrogens (primary N) is 1. The molecule has 0 saturated carbocycles. The maximum atomic E-state index is 11.5. The Morgan fingerprint density at radius 1 is 1.33 bits per heavy atom. The molecule has 0 bridgehead atoms. The van der Waals surface area contributed by atoms with Gasteiger partial charge in [-0.25, -0.2) is 13.6 Å². The molecule has 5 nitrogen and oxygen atoms in total. The number of sulfonamides is 1. The summed E-state index contributed by atoms with van der Waals surface area (Å²) in [5.41, 5.74) is 3.18. The van der Waals surface area contributed by atoms with E-state index in [2.05, 4.69) is 11.4 Å². The highest BCUT2D eigenvalue weighted by atomic mass is 32.2. The normalized spacial score (nSPS) is 11.1. The average Bonchev–Trinajstić information content (AvgIpc) is 2.87. The molecule has 7 heteroatoms. The SMILES string of the molecule is Cc1cc(S(N)(=O)=O)cc(NCc2cc(C#N)cs2)c1C. The van der Waals surface area contributed by atoms with Gasteiger partial charge in [-0.1, -0.05) is 0 Å². The lowest BCUT2D eigenvalue weighted by Gasteiger charge is -2.13. The summed E-state index contributed by atoms with van der Waals surface area (Å²) in [6.45, 7) is 4.29. The van der Waals surface area contributed by atoms with Gasteiger partial charge in [0, 0.05) is 22.5 Å². The van der Waals surface area contributed by atoms with Crippen molar-refractivity contribution in [2.75, 3.05) is 5.32 Å². The molecule has 2 aromatic rings. The van der Waals surface area contributed by atoms with Crippen molar-refractivity contribution in [2.45, 2.75) is 25.3 Å². The van der Waals surface area contributed by atoms with Crippen molar-refractivity contribution >= 4 is 27.0 Å². The van der Waals surface area contributed by atoms with Gasteiger partial charge in [0.05, 0.1) is 10.5 Å². The number of primary sulfonamides is 1. The van der Waals surface area contributed by atoms with Gasteiger partial charge in [-0.2, -0.15) is 5.26 Å². The average molecular weight is 321 g/mol. The zero-order valence-corrected chi connectivity index (χ0v) is 13.3. The van der Waals surface area contributed by atoms with Crippen LogP contribution in [0.5, 0.6) is 0 Å². The van der Waals surface area contributed by atoms with Gasteiger partial charge in [-0.05, 0) is 43.2 Å². The topological polar surface area (TPSA) is 96.0 Å². The molecule has 0 aliphatic carbocycles. The third-order valence-corrected chi connectivity index (χ3v) is 5.03. The van der Waals surface area contributed by atoms with E-state index in [1.807, 2.05) is 19.9 Å². The summed E-state index contributed by atoms with van der Waals surface area (Å²) in [5, 5.41) is 19.0. The minimum absolute atomic E-state index is 0.0944. The molecular formula is C14H15N3O2S2. The Morgan fingerprint density at radius 3 is 2.62 bits per heavy atom. The van der Waals surface area contributed by atoms with E-state index >= 15 is 0 Å².